The normalized spacial score (nSPS) is 19.5. The highest BCUT2D eigenvalue weighted by molar-refractivity contribution is 6.30. The van der Waals surface area contributed by atoms with Gasteiger partial charge >= 0.3 is 0 Å². The highest BCUT2D eigenvalue weighted by atomic mass is 35.5. The fourth-order valence-electron chi connectivity index (χ4n) is 4.44. The zero-order valence-corrected chi connectivity index (χ0v) is 17.6. The molecule has 1 saturated heterocycles. The van der Waals surface area contributed by atoms with Crippen LogP contribution in [-0.2, 0) is 13.1 Å². The van der Waals surface area contributed by atoms with Crippen LogP contribution >= 0.6 is 11.6 Å². The van der Waals surface area contributed by atoms with Gasteiger partial charge in [0.05, 0.1) is 12.2 Å². The summed E-state index contributed by atoms with van der Waals surface area (Å²) in [6.07, 6.45) is 2.52. The van der Waals surface area contributed by atoms with Crippen molar-refractivity contribution in [2.24, 2.45) is 0 Å². The van der Waals surface area contributed by atoms with E-state index >= 15 is 0 Å². The number of rotatable bonds is 3. The van der Waals surface area contributed by atoms with Crippen molar-refractivity contribution in [1.29, 1.82) is 0 Å². The second kappa shape index (κ2) is 6.95. The van der Waals surface area contributed by atoms with Gasteiger partial charge in [0, 0.05) is 50.7 Å². The molecule has 2 aromatic heterocycles. The lowest BCUT2D eigenvalue weighted by molar-refractivity contribution is 0.243. The van der Waals surface area contributed by atoms with Crippen molar-refractivity contribution < 1.29 is 4.52 Å². The number of hydrogen-bond donors (Lipinski definition) is 0. The van der Waals surface area contributed by atoms with Gasteiger partial charge in [-0.15, -0.1) is 10.2 Å². The van der Waals surface area contributed by atoms with Gasteiger partial charge in [0.1, 0.15) is 0 Å². The number of halogens is 1. The molecule has 0 unspecified atom stereocenters. The largest absolute Gasteiger partial charge is 0.338 e. The first kappa shape index (κ1) is 18.1. The molecular weight excluding hydrogens is 404 g/mol. The molecule has 1 aromatic carbocycles. The average Bonchev–Trinajstić information content (AvgIpc) is 3.42. The van der Waals surface area contributed by atoms with Crippen LogP contribution < -0.4 is 9.80 Å². The highest BCUT2D eigenvalue weighted by Crippen LogP contribution is 2.36. The Morgan fingerprint density at radius 1 is 1.03 bits per heavy atom. The molecule has 0 amide bonds. The molecule has 1 aliphatic carbocycles. The molecule has 10 heteroatoms. The van der Waals surface area contributed by atoms with Gasteiger partial charge in [-0.05, 0) is 41.8 Å². The Morgan fingerprint density at radius 3 is 2.57 bits per heavy atom. The summed E-state index contributed by atoms with van der Waals surface area (Å²) in [5, 5.41) is 14.0. The van der Waals surface area contributed by atoms with E-state index in [0.717, 1.165) is 61.8 Å². The molecule has 30 heavy (non-hydrogen) atoms. The summed E-state index contributed by atoms with van der Waals surface area (Å²) in [6.45, 7) is 6.78. The van der Waals surface area contributed by atoms with Gasteiger partial charge < -0.3 is 14.3 Å². The fourth-order valence-corrected chi connectivity index (χ4v) is 4.63. The number of anilines is 2. The van der Waals surface area contributed by atoms with Crippen LogP contribution in [0.25, 0.3) is 5.69 Å². The number of hydrogen-bond acceptors (Lipinski definition) is 8. The maximum absolute atomic E-state index is 6.34. The summed E-state index contributed by atoms with van der Waals surface area (Å²) in [6, 6.07) is 6.78. The van der Waals surface area contributed by atoms with Crippen molar-refractivity contribution in [2.45, 2.75) is 38.9 Å². The Bertz CT molecular complexity index is 1080. The van der Waals surface area contributed by atoms with Crippen LogP contribution in [0.3, 0.4) is 0 Å². The Hall–Kier alpha value is -2.65. The van der Waals surface area contributed by atoms with Gasteiger partial charge in [-0.1, -0.05) is 11.6 Å². The Labute approximate surface area is 179 Å². The van der Waals surface area contributed by atoms with Crippen molar-refractivity contribution in [2.75, 3.05) is 36.0 Å². The zero-order chi connectivity index (χ0) is 20.2. The van der Waals surface area contributed by atoms with Crippen LogP contribution in [0, 0.1) is 6.92 Å². The summed E-state index contributed by atoms with van der Waals surface area (Å²) in [5.74, 6) is 3.14. The molecule has 0 bridgehead atoms. The molecular formula is C20H23ClN8O. The van der Waals surface area contributed by atoms with Crippen LogP contribution in [0.2, 0.25) is 5.02 Å². The smallest absolute Gasteiger partial charge is 0.266 e. The molecule has 0 N–H and O–H groups in total. The predicted octanol–water partition coefficient (Wildman–Crippen LogP) is 2.42. The van der Waals surface area contributed by atoms with Crippen LogP contribution in [-0.4, -0.2) is 62.0 Å². The monoisotopic (exact) mass is 426 g/mol. The lowest BCUT2D eigenvalue weighted by atomic mass is 10.1. The fraction of sp³-hybridized carbons (Fsp3) is 0.500. The number of nitrogens with zero attached hydrogens (tertiary/aromatic N) is 8. The van der Waals surface area contributed by atoms with Crippen LogP contribution in [0.5, 0.6) is 0 Å². The second-order valence-corrected chi connectivity index (χ2v) is 8.68. The molecule has 156 valence electrons. The Balaban J connectivity index is 1.32. The minimum absolute atomic E-state index is 0.589. The molecule has 3 aliphatic rings. The van der Waals surface area contributed by atoms with E-state index in [-0.39, 0.29) is 0 Å². The SMILES string of the molecule is Cc1nc(N2CCN(c3nnc4n3-c3ccc(Cl)cc3CN(C3CC3)C4)CC2)no1. The maximum atomic E-state index is 6.34. The first-order valence-corrected chi connectivity index (χ1v) is 10.8. The van der Waals surface area contributed by atoms with Crippen molar-refractivity contribution in [3.63, 3.8) is 0 Å². The molecule has 3 aromatic rings. The molecule has 1 saturated carbocycles. The molecule has 0 radical (unpaired) electrons. The summed E-state index contributed by atoms with van der Waals surface area (Å²) < 4.78 is 7.35. The summed E-state index contributed by atoms with van der Waals surface area (Å²) >= 11 is 6.34. The first-order chi connectivity index (χ1) is 14.7. The van der Waals surface area contributed by atoms with E-state index in [2.05, 4.69) is 51.7 Å². The average molecular weight is 427 g/mol. The third-order valence-electron chi connectivity index (χ3n) is 6.14. The van der Waals surface area contributed by atoms with Crippen molar-refractivity contribution in [3.05, 3.63) is 40.5 Å². The lowest BCUT2D eigenvalue weighted by Gasteiger charge is -2.34. The number of fused-ring (bicyclic) bond motifs is 3. The van der Waals surface area contributed by atoms with Gasteiger partial charge in [0.25, 0.3) is 5.95 Å². The van der Waals surface area contributed by atoms with Gasteiger partial charge in [-0.2, -0.15) is 4.98 Å². The van der Waals surface area contributed by atoms with Crippen LogP contribution in [0.4, 0.5) is 11.9 Å². The first-order valence-electron chi connectivity index (χ1n) is 10.4. The van der Waals surface area contributed by atoms with E-state index in [0.29, 0.717) is 17.9 Å². The van der Waals surface area contributed by atoms with Crippen molar-refractivity contribution >= 4 is 23.5 Å². The molecule has 6 rings (SSSR count). The third-order valence-corrected chi connectivity index (χ3v) is 6.37. The van der Waals surface area contributed by atoms with E-state index in [1.165, 1.54) is 18.4 Å². The molecule has 2 fully saturated rings. The molecule has 4 heterocycles. The molecule has 0 atom stereocenters. The lowest BCUT2D eigenvalue weighted by Crippen LogP contribution is -2.47. The number of benzene rings is 1. The highest BCUT2D eigenvalue weighted by Gasteiger charge is 2.34. The van der Waals surface area contributed by atoms with Crippen molar-refractivity contribution in [3.8, 4) is 5.69 Å². The van der Waals surface area contributed by atoms with E-state index in [1.54, 1.807) is 0 Å². The third kappa shape index (κ3) is 3.13. The van der Waals surface area contributed by atoms with Gasteiger partial charge in [0.15, 0.2) is 5.82 Å². The van der Waals surface area contributed by atoms with E-state index in [4.69, 9.17) is 16.1 Å². The van der Waals surface area contributed by atoms with Gasteiger partial charge in [-0.25, -0.2) is 0 Å². The second-order valence-electron chi connectivity index (χ2n) is 8.25. The maximum Gasteiger partial charge on any atom is 0.266 e. The minimum Gasteiger partial charge on any atom is -0.338 e. The standard InChI is InChI=1S/C20H23ClN8O/c1-13-22-19(25-30-13)26-6-8-27(9-7-26)20-24-23-18-12-28(16-3-4-16)11-14-10-15(21)2-5-17(14)29(18)20/h2,5,10,16H,3-4,6-9,11-12H2,1H3. The molecule has 2 aliphatic heterocycles. The van der Waals surface area contributed by atoms with Crippen LogP contribution in [0.15, 0.2) is 22.7 Å². The van der Waals surface area contributed by atoms with Crippen molar-refractivity contribution in [1.82, 2.24) is 29.8 Å². The van der Waals surface area contributed by atoms with E-state index in [1.807, 2.05) is 13.0 Å². The number of piperazine rings is 1. The summed E-state index contributed by atoms with van der Waals surface area (Å²) in [4.78, 5) is 11.3. The van der Waals surface area contributed by atoms with E-state index < -0.39 is 0 Å². The predicted molar refractivity (Wildman–Crippen MR) is 112 cm³/mol. The Morgan fingerprint density at radius 2 is 1.83 bits per heavy atom. The quantitative estimate of drug-likeness (QED) is 0.631. The molecule has 0 spiro atoms. The van der Waals surface area contributed by atoms with Crippen LogP contribution in [0.1, 0.15) is 30.1 Å². The number of aryl methyl sites for hydroxylation is 1. The number of aromatic nitrogens is 5. The molecule has 9 nitrogen and oxygen atoms in total. The van der Waals surface area contributed by atoms with Gasteiger partial charge in [-0.3, -0.25) is 9.47 Å². The van der Waals surface area contributed by atoms with E-state index in [9.17, 15) is 0 Å². The minimum atomic E-state index is 0.589. The summed E-state index contributed by atoms with van der Waals surface area (Å²) in [5.41, 5.74) is 2.36. The Kier molecular flexibility index (Phi) is 4.21. The van der Waals surface area contributed by atoms with Gasteiger partial charge in [0.2, 0.25) is 11.8 Å². The zero-order valence-electron chi connectivity index (χ0n) is 16.8. The topological polar surface area (TPSA) is 79.4 Å². The summed E-state index contributed by atoms with van der Waals surface area (Å²) in [7, 11) is 0.